The summed E-state index contributed by atoms with van der Waals surface area (Å²) in [5.41, 5.74) is -0.448. The summed E-state index contributed by atoms with van der Waals surface area (Å²) in [6.07, 6.45) is -0.247. The van der Waals surface area contributed by atoms with E-state index in [1.165, 1.54) is 12.1 Å². The molecule has 3 N–H and O–H groups in total. The van der Waals surface area contributed by atoms with Crippen LogP contribution in [0.5, 0.6) is 0 Å². The van der Waals surface area contributed by atoms with Crippen molar-refractivity contribution >= 4 is 27.1 Å². The van der Waals surface area contributed by atoms with Crippen LogP contribution in [-0.4, -0.2) is 40.3 Å². The number of ether oxygens (including phenoxy) is 1. The molecule has 11 heteroatoms. The van der Waals surface area contributed by atoms with Gasteiger partial charge in [0.25, 0.3) is 15.7 Å². The summed E-state index contributed by atoms with van der Waals surface area (Å²) in [5, 5.41) is 2.82. The van der Waals surface area contributed by atoms with Crippen LogP contribution in [-0.2, 0) is 26.1 Å². The van der Waals surface area contributed by atoms with E-state index in [4.69, 9.17) is 9.29 Å². The molecule has 0 aliphatic heterocycles. The number of aromatic nitrogens is 3. The molecule has 0 spiro atoms. The first-order chi connectivity index (χ1) is 12.7. The fourth-order valence-electron chi connectivity index (χ4n) is 2.67. The van der Waals surface area contributed by atoms with E-state index < -0.39 is 27.2 Å². The predicted molar refractivity (Wildman–Crippen MR) is 94.7 cm³/mol. The lowest BCUT2D eigenvalue weighted by atomic mass is 10.1. The number of esters is 1. The Labute approximate surface area is 152 Å². The highest BCUT2D eigenvalue weighted by atomic mass is 32.2. The summed E-state index contributed by atoms with van der Waals surface area (Å²) >= 11 is 0. The number of H-pyrrole nitrogens is 2. The summed E-state index contributed by atoms with van der Waals surface area (Å²) in [4.78, 5) is 38.5. The lowest BCUT2D eigenvalue weighted by Crippen LogP contribution is -2.17. The minimum Gasteiger partial charge on any atom is -0.466 e. The van der Waals surface area contributed by atoms with Gasteiger partial charge in [0.2, 0.25) is 5.56 Å². The first kappa shape index (κ1) is 18.6. The van der Waals surface area contributed by atoms with E-state index in [0.29, 0.717) is 0 Å². The number of hydrogen-bond acceptors (Lipinski definition) is 6. The molecular weight excluding hydrogens is 378 g/mol. The van der Waals surface area contributed by atoms with Gasteiger partial charge in [0.05, 0.1) is 29.0 Å². The molecule has 0 aliphatic rings. The Bertz CT molecular complexity index is 1230. The number of carbonyl (C=O) groups excluding carboxylic acids is 1. The van der Waals surface area contributed by atoms with Gasteiger partial charge in [-0.2, -0.15) is 8.42 Å². The van der Waals surface area contributed by atoms with E-state index >= 15 is 0 Å². The van der Waals surface area contributed by atoms with Crippen LogP contribution in [0.25, 0.3) is 16.7 Å². The van der Waals surface area contributed by atoms with Gasteiger partial charge in [0.15, 0.2) is 0 Å². The lowest BCUT2D eigenvalue weighted by Gasteiger charge is -2.02. The maximum atomic E-state index is 12.8. The average molecular weight is 393 g/mol. The molecule has 0 bridgehead atoms. The molecule has 2 aromatic heterocycles. The minimum absolute atomic E-state index is 0.113. The van der Waals surface area contributed by atoms with Gasteiger partial charge < -0.3 is 9.72 Å². The maximum absolute atomic E-state index is 12.8. The lowest BCUT2D eigenvalue weighted by molar-refractivity contribution is -0.142. The zero-order valence-corrected chi connectivity index (χ0v) is 14.9. The van der Waals surface area contributed by atoms with Crippen molar-refractivity contribution in [2.24, 2.45) is 0 Å². The summed E-state index contributed by atoms with van der Waals surface area (Å²) in [5.74, 6) is -0.575. The summed E-state index contributed by atoms with van der Waals surface area (Å²) in [6, 6.07) is 6.03. The zero-order chi connectivity index (χ0) is 19.8. The molecule has 0 atom stereocenters. The van der Waals surface area contributed by atoms with Gasteiger partial charge in [0.1, 0.15) is 5.65 Å². The van der Waals surface area contributed by atoms with Crippen LogP contribution in [0.3, 0.4) is 0 Å². The van der Waals surface area contributed by atoms with Crippen molar-refractivity contribution in [3.63, 3.8) is 0 Å². The highest BCUT2D eigenvalue weighted by molar-refractivity contribution is 7.85. The topological polar surface area (TPSA) is 151 Å². The summed E-state index contributed by atoms with van der Waals surface area (Å²) in [6.45, 7) is 1.81. The van der Waals surface area contributed by atoms with Crippen molar-refractivity contribution in [2.75, 3.05) is 6.61 Å². The fourth-order valence-corrected chi connectivity index (χ4v) is 3.15. The first-order valence-corrected chi connectivity index (χ1v) is 9.25. The van der Waals surface area contributed by atoms with Gasteiger partial charge in [-0.3, -0.25) is 24.0 Å². The normalized spacial score (nSPS) is 11.6. The van der Waals surface area contributed by atoms with E-state index in [9.17, 15) is 22.8 Å². The van der Waals surface area contributed by atoms with Crippen molar-refractivity contribution in [3.8, 4) is 5.69 Å². The highest BCUT2D eigenvalue weighted by Gasteiger charge is 2.17. The number of nitrogens with one attached hydrogen (secondary N) is 2. The molecule has 0 saturated carbocycles. The SMILES string of the molecule is CCOC(=O)Cc1cc(=O)[nH]c2[nH]n(-c3ccc(S(=O)(=O)O)cc3)c(=O)c12. The summed E-state index contributed by atoms with van der Waals surface area (Å²) in [7, 11) is -4.36. The minimum atomic E-state index is -4.36. The average Bonchev–Trinajstić information content (AvgIpc) is 2.91. The number of pyridine rings is 1. The molecule has 1 aromatic carbocycles. The maximum Gasteiger partial charge on any atom is 0.310 e. The van der Waals surface area contributed by atoms with Crippen LogP contribution in [0.2, 0.25) is 0 Å². The molecule has 0 saturated heterocycles. The Morgan fingerprint density at radius 3 is 2.48 bits per heavy atom. The molecule has 0 aliphatic carbocycles. The van der Waals surface area contributed by atoms with Crippen LogP contribution < -0.4 is 11.1 Å². The van der Waals surface area contributed by atoms with E-state index in [2.05, 4.69) is 10.1 Å². The molecule has 0 radical (unpaired) electrons. The van der Waals surface area contributed by atoms with Crippen molar-refractivity contribution in [3.05, 3.63) is 56.6 Å². The Balaban J connectivity index is 2.14. The first-order valence-electron chi connectivity index (χ1n) is 7.81. The molecule has 3 aromatic rings. The van der Waals surface area contributed by atoms with Gasteiger partial charge in [-0.05, 0) is 36.8 Å². The van der Waals surface area contributed by atoms with Gasteiger partial charge in [-0.25, -0.2) is 4.68 Å². The van der Waals surface area contributed by atoms with E-state index in [1.54, 1.807) is 6.92 Å². The number of nitrogens with zero attached hydrogens (tertiary/aromatic N) is 1. The van der Waals surface area contributed by atoms with Crippen LogP contribution in [0, 0.1) is 0 Å². The number of rotatable bonds is 5. The second-order valence-corrected chi connectivity index (χ2v) is 7.03. The molecule has 0 unspecified atom stereocenters. The smallest absolute Gasteiger partial charge is 0.310 e. The number of hydrogen-bond donors (Lipinski definition) is 3. The van der Waals surface area contributed by atoms with Crippen LogP contribution >= 0.6 is 0 Å². The van der Waals surface area contributed by atoms with Crippen LogP contribution in [0.1, 0.15) is 12.5 Å². The van der Waals surface area contributed by atoms with Gasteiger partial charge in [-0.15, -0.1) is 0 Å². The number of benzene rings is 1. The zero-order valence-electron chi connectivity index (χ0n) is 14.1. The third-order valence-electron chi connectivity index (χ3n) is 3.80. The van der Waals surface area contributed by atoms with E-state index in [0.717, 1.165) is 22.9 Å². The molecule has 0 fully saturated rings. The quantitative estimate of drug-likeness (QED) is 0.418. The second-order valence-electron chi connectivity index (χ2n) is 5.61. The molecule has 27 heavy (non-hydrogen) atoms. The van der Waals surface area contributed by atoms with Crippen molar-refractivity contribution in [1.29, 1.82) is 0 Å². The predicted octanol–water partition coefficient (Wildman–Crippen LogP) is 0.359. The van der Waals surface area contributed by atoms with Crippen molar-refractivity contribution < 1.29 is 22.5 Å². The molecule has 2 heterocycles. The molecule has 142 valence electrons. The molecular formula is C16H15N3O7S. The van der Waals surface area contributed by atoms with Crippen molar-refractivity contribution in [2.45, 2.75) is 18.2 Å². The number of aromatic amines is 2. The van der Waals surface area contributed by atoms with Gasteiger partial charge in [-0.1, -0.05) is 0 Å². The second kappa shape index (κ2) is 6.85. The summed E-state index contributed by atoms with van der Waals surface area (Å²) < 4.78 is 37.2. The Morgan fingerprint density at radius 2 is 1.89 bits per heavy atom. The van der Waals surface area contributed by atoms with E-state index in [1.807, 2.05) is 0 Å². The number of carbonyl (C=O) groups is 1. The Morgan fingerprint density at radius 1 is 1.22 bits per heavy atom. The highest BCUT2D eigenvalue weighted by Crippen LogP contribution is 2.15. The van der Waals surface area contributed by atoms with Crippen LogP contribution in [0.4, 0.5) is 0 Å². The third-order valence-corrected chi connectivity index (χ3v) is 4.67. The third kappa shape index (κ3) is 3.68. The number of fused-ring (bicyclic) bond motifs is 1. The Kier molecular flexibility index (Phi) is 4.72. The molecule has 10 nitrogen and oxygen atoms in total. The van der Waals surface area contributed by atoms with Gasteiger partial charge >= 0.3 is 5.97 Å². The molecule has 0 amide bonds. The van der Waals surface area contributed by atoms with Crippen LogP contribution in [0.15, 0.2) is 44.8 Å². The fraction of sp³-hybridized carbons (Fsp3) is 0.188. The largest absolute Gasteiger partial charge is 0.466 e. The van der Waals surface area contributed by atoms with Crippen molar-refractivity contribution in [1.82, 2.24) is 14.8 Å². The monoisotopic (exact) mass is 393 g/mol. The van der Waals surface area contributed by atoms with E-state index in [-0.39, 0.29) is 40.2 Å². The molecule has 3 rings (SSSR count). The standard InChI is InChI=1S/C16H15N3O7S/c1-2-26-13(21)8-9-7-12(20)17-15-14(9)16(22)19(18-15)10-3-5-11(6-4-10)27(23,24)25/h3-7H,2,8H2,1H3,(H2,17,18,20)(H,23,24,25). The Hall–Kier alpha value is -3.18. The van der Waals surface area contributed by atoms with Gasteiger partial charge in [0, 0.05) is 6.07 Å².